The Morgan fingerprint density at radius 1 is 0.543 bits per heavy atom. The number of benzene rings is 6. The van der Waals surface area contributed by atoms with Gasteiger partial charge in [0.1, 0.15) is 0 Å². The van der Waals surface area contributed by atoms with Crippen LogP contribution in [0.2, 0.25) is 0 Å². The summed E-state index contributed by atoms with van der Waals surface area (Å²) in [5.74, 6) is 0.606. The lowest BCUT2D eigenvalue weighted by molar-refractivity contribution is -0.112. The third kappa shape index (κ3) is 10.1. The second-order valence-electron chi connectivity index (χ2n) is 23.8. The number of ketones is 1. The minimum absolute atomic E-state index is 0.00600. The summed E-state index contributed by atoms with van der Waals surface area (Å²) in [4.78, 5) is 11.5. The Bertz CT molecular complexity index is 2980. The van der Waals surface area contributed by atoms with Gasteiger partial charge in [-0.2, -0.15) is 0 Å². The van der Waals surface area contributed by atoms with E-state index < -0.39 is 5.41 Å². The van der Waals surface area contributed by atoms with E-state index in [-0.39, 0.29) is 39.1 Å². The Morgan fingerprint density at radius 3 is 1.44 bits per heavy atom. The van der Waals surface area contributed by atoms with Gasteiger partial charge in [-0.3, -0.25) is 4.79 Å². The molecule has 0 amide bonds. The van der Waals surface area contributed by atoms with Gasteiger partial charge >= 0.3 is 0 Å². The van der Waals surface area contributed by atoms with Crippen LogP contribution in [0, 0.1) is 21.7 Å². The van der Waals surface area contributed by atoms with Crippen LogP contribution in [0.3, 0.4) is 0 Å². The molecule has 6 aromatic carbocycles. The van der Waals surface area contributed by atoms with Gasteiger partial charge in [0.15, 0.2) is 5.78 Å². The summed E-state index contributed by atoms with van der Waals surface area (Å²) in [6, 6.07) is 58.1. The first-order valence-electron chi connectivity index (χ1n) is 25.5. The molecule has 4 heteroatoms. The number of rotatable bonds is 16. The number of carbonyl (C=O) groups is 1. The van der Waals surface area contributed by atoms with Crippen LogP contribution >= 0.6 is 0 Å². The minimum atomic E-state index is -0.544. The molecule has 1 N–H and O–H groups in total. The lowest BCUT2D eigenvalue weighted by Crippen LogP contribution is -2.41. The maximum atomic E-state index is 11.5. The average Bonchev–Trinajstić information content (AvgIpc) is 3.92. The highest BCUT2D eigenvalue weighted by Crippen LogP contribution is 2.58. The van der Waals surface area contributed by atoms with Crippen molar-refractivity contribution in [3.63, 3.8) is 0 Å². The summed E-state index contributed by atoms with van der Waals surface area (Å²) in [5, 5.41) is 12.8. The summed E-state index contributed by atoms with van der Waals surface area (Å²) in [7, 11) is 0. The number of hydrogen-bond acceptors (Lipinski definition) is 2. The molecule has 0 saturated carbocycles. The van der Waals surface area contributed by atoms with Gasteiger partial charge in [0.05, 0.1) is 16.8 Å². The van der Waals surface area contributed by atoms with Crippen molar-refractivity contribution in [2.24, 2.45) is 21.7 Å². The molecule has 0 aliphatic rings. The molecule has 2 aromatic heterocycles. The second-order valence-corrected chi connectivity index (χ2v) is 23.8. The Morgan fingerprint density at radius 2 is 0.986 bits per heavy atom. The zero-order chi connectivity index (χ0) is 50.2. The fraction of sp³-hybridized carbons (Fsp3) is 0.348. The van der Waals surface area contributed by atoms with Crippen LogP contribution in [0.4, 0.5) is 0 Å². The van der Waals surface area contributed by atoms with Crippen molar-refractivity contribution in [1.82, 2.24) is 9.13 Å². The van der Waals surface area contributed by atoms with Gasteiger partial charge in [0.25, 0.3) is 0 Å². The summed E-state index contributed by atoms with van der Waals surface area (Å²) < 4.78 is 4.74. The fourth-order valence-electron chi connectivity index (χ4n) is 11.3. The van der Waals surface area contributed by atoms with Gasteiger partial charge in [-0.25, -0.2) is 0 Å². The molecule has 362 valence electrons. The lowest BCUT2D eigenvalue weighted by atomic mass is 9.53. The zero-order valence-electron chi connectivity index (χ0n) is 44.0. The van der Waals surface area contributed by atoms with Crippen molar-refractivity contribution < 1.29 is 9.90 Å². The molecule has 0 aliphatic heterocycles. The number of para-hydroxylation sites is 4. The smallest absolute Gasteiger partial charge is 0.155 e. The summed E-state index contributed by atoms with van der Waals surface area (Å²) in [5.41, 5.74) is 11.8. The molecule has 0 radical (unpaired) electrons. The molecular formula is C66H76N2O2. The molecule has 8 rings (SSSR count). The quantitative estimate of drug-likeness (QED) is 0.0775. The SMILES string of the molecule is CC(=O)C=C(O)CCc1ccc(C(CC(C)(C)C)C(C)(C)C(C)(C)CC(c2ccc(C(C)(c3cn(-c4ccccc4)c4ccccc34)c3cn(-c4ccccc4)c4ccccc34)cc2)C(C)(C)C)cc1. The first kappa shape index (κ1) is 50.0. The van der Waals surface area contributed by atoms with Crippen LogP contribution < -0.4 is 0 Å². The number of carbonyl (C=O) groups excluding carboxylic acids is 1. The molecule has 2 heterocycles. The molecule has 4 nitrogen and oxygen atoms in total. The topological polar surface area (TPSA) is 47.2 Å². The Kier molecular flexibility index (Phi) is 13.9. The van der Waals surface area contributed by atoms with Gasteiger partial charge in [-0.1, -0.05) is 191 Å². The molecule has 0 spiro atoms. The van der Waals surface area contributed by atoms with Crippen molar-refractivity contribution in [2.45, 2.75) is 126 Å². The highest BCUT2D eigenvalue weighted by Gasteiger charge is 2.47. The normalized spacial score (nSPS) is 14.0. The first-order chi connectivity index (χ1) is 33.1. The van der Waals surface area contributed by atoms with Crippen LogP contribution in [0.25, 0.3) is 33.2 Å². The van der Waals surface area contributed by atoms with E-state index in [4.69, 9.17) is 0 Å². The zero-order valence-corrected chi connectivity index (χ0v) is 44.0. The van der Waals surface area contributed by atoms with Crippen molar-refractivity contribution in [2.75, 3.05) is 0 Å². The molecule has 0 saturated heterocycles. The van der Waals surface area contributed by atoms with Crippen LogP contribution in [0.15, 0.2) is 182 Å². The van der Waals surface area contributed by atoms with Crippen molar-refractivity contribution in [1.29, 1.82) is 0 Å². The number of aryl methyl sites for hydroxylation is 1. The number of aliphatic hydroxyl groups is 1. The summed E-state index contributed by atoms with van der Waals surface area (Å²) in [6.07, 6.45) is 9.34. The highest BCUT2D eigenvalue weighted by molar-refractivity contribution is 5.93. The number of hydrogen-bond donors (Lipinski definition) is 1. The average molecular weight is 929 g/mol. The predicted octanol–water partition coefficient (Wildman–Crippen LogP) is 17.7. The van der Waals surface area contributed by atoms with Crippen LogP contribution in [-0.4, -0.2) is 20.0 Å². The van der Waals surface area contributed by atoms with Gasteiger partial charge in [0, 0.05) is 52.5 Å². The second kappa shape index (κ2) is 19.4. The first-order valence-corrected chi connectivity index (χ1v) is 25.5. The van der Waals surface area contributed by atoms with E-state index in [1.807, 2.05) is 0 Å². The van der Waals surface area contributed by atoms with Gasteiger partial charge < -0.3 is 14.2 Å². The van der Waals surface area contributed by atoms with Crippen molar-refractivity contribution in [3.05, 3.63) is 215 Å². The standard InChI is InChI=1S/C66H76N2O2/c1-46(69)41-53(70)40-33-47-31-34-49(35-32-47)57(42-62(2,3)4)65(10,11)64(8,9)43-56(63(5,6)7)48-36-38-50(39-37-48)66(12,58-44-67(51-23-15-13-16-24-51)60-29-21-19-27-54(58)60)59-45-68(52-25-17-14-18-26-52)61-30-22-20-28-55(59)61/h13-32,34-39,41,44-45,56-57,70H,33,40,42-43H2,1-12H3. The Balaban J connectivity index is 1.21. The van der Waals surface area contributed by atoms with E-state index in [9.17, 15) is 9.90 Å². The molecule has 70 heavy (non-hydrogen) atoms. The number of nitrogens with zero attached hydrogens (tertiary/aromatic N) is 2. The number of fused-ring (bicyclic) bond motifs is 2. The summed E-state index contributed by atoms with van der Waals surface area (Å²) in [6.45, 7) is 28.3. The van der Waals surface area contributed by atoms with E-state index in [0.717, 1.165) is 29.8 Å². The lowest BCUT2D eigenvalue weighted by Gasteiger charge is -2.52. The van der Waals surface area contributed by atoms with Crippen LogP contribution in [0.1, 0.15) is 148 Å². The molecule has 2 unspecified atom stereocenters. The van der Waals surface area contributed by atoms with Gasteiger partial charge in [-0.05, 0) is 136 Å². The van der Waals surface area contributed by atoms with E-state index in [1.54, 1.807) is 0 Å². The molecule has 0 bridgehead atoms. The number of aliphatic hydroxyl groups excluding tert-OH is 1. The highest BCUT2D eigenvalue weighted by atomic mass is 16.3. The third-order valence-electron chi connectivity index (χ3n) is 16.1. The molecule has 0 fully saturated rings. The Hall–Kier alpha value is -6.39. The van der Waals surface area contributed by atoms with E-state index in [0.29, 0.717) is 18.8 Å². The maximum absolute atomic E-state index is 11.5. The largest absolute Gasteiger partial charge is 0.512 e. The predicted molar refractivity (Wildman–Crippen MR) is 296 cm³/mol. The fourth-order valence-corrected chi connectivity index (χ4v) is 11.3. The summed E-state index contributed by atoms with van der Waals surface area (Å²) >= 11 is 0. The molecule has 8 aromatic rings. The number of aromatic nitrogens is 2. The molecule has 0 aliphatic carbocycles. The Labute approximate surface area is 419 Å². The van der Waals surface area contributed by atoms with Gasteiger partial charge in [0.2, 0.25) is 0 Å². The van der Waals surface area contributed by atoms with E-state index in [2.05, 4.69) is 255 Å². The monoisotopic (exact) mass is 929 g/mol. The van der Waals surface area contributed by atoms with Crippen LogP contribution in [-0.2, 0) is 16.6 Å². The number of allylic oxidation sites excluding steroid dienone is 2. The maximum Gasteiger partial charge on any atom is 0.155 e. The minimum Gasteiger partial charge on any atom is -0.512 e. The third-order valence-corrected chi connectivity index (χ3v) is 16.1. The van der Waals surface area contributed by atoms with Crippen molar-refractivity contribution in [3.8, 4) is 11.4 Å². The van der Waals surface area contributed by atoms with Gasteiger partial charge in [-0.15, -0.1) is 0 Å². The molecular weight excluding hydrogens is 853 g/mol. The molecule has 2 atom stereocenters. The van der Waals surface area contributed by atoms with Crippen molar-refractivity contribution >= 4 is 27.6 Å². The van der Waals surface area contributed by atoms with E-state index in [1.165, 1.54) is 62.6 Å². The van der Waals surface area contributed by atoms with Crippen LogP contribution in [0.5, 0.6) is 0 Å². The van der Waals surface area contributed by atoms with E-state index >= 15 is 0 Å².